The van der Waals surface area contributed by atoms with Gasteiger partial charge in [0.1, 0.15) is 0 Å². The molecule has 1 aliphatic heterocycles. The van der Waals surface area contributed by atoms with Crippen LogP contribution >= 0.6 is 11.6 Å². The molecule has 0 aliphatic carbocycles. The van der Waals surface area contributed by atoms with E-state index in [2.05, 4.69) is 5.32 Å². The average Bonchev–Trinajstić information content (AvgIpc) is 2.81. The summed E-state index contributed by atoms with van der Waals surface area (Å²) in [5.74, 6) is -1.08. The van der Waals surface area contributed by atoms with E-state index >= 15 is 0 Å². The van der Waals surface area contributed by atoms with Crippen LogP contribution in [-0.4, -0.2) is 29.2 Å². The van der Waals surface area contributed by atoms with Crippen LogP contribution < -0.4 is 11.1 Å². The lowest BCUT2D eigenvalue weighted by Gasteiger charge is -2.13. The van der Waals surface area contributed by atoms with Crippen molar-refractivity contribution in [1.29, 1.82) is 0 Å². The number of fused-ring (bicyclic) bond motifs is 1. The number of hydrogen-bond donors (Lipinski definition) is 2. The number of carbonyl (C=O) groups is 3. The molecule has 0 aromatic heterocycles. The van der Waals surface area contributed by atoms with Crippen LogP contribution in [0.2, 0.25) is 5.02 Å². The van der Waals surface area contributed by atoms with Gasteiger partial charge in [-0.1, -0.05) is 23.7 Å². The van der Waals surface area contributed by atoms with Crippen molar-refractivity contribution in [3.8, 4) is 0 Å². The number of halogens is 1. The van der Waals surface area contributed by atoms with Crippen LogP contribution in [0.25, 0.3) is 0 Å². The molecule has 0 fully saturated rings. The molecule has 3 amide bonds. The van der Waals surface area contributed by atoms with E-state index in [-0.39, 0.29) is 30.7 Å². The summed E-state index contributed by atoms with van der Waals surface area (Å²) in [6.45, 7) is 0.0151. The van der Waals surface area contributed by atoms with Gasteiger partial charge in [-0.05, 0) is 30.3 Å². The zero-order valence-electron chi connectivity index (χ0n) is 12.6. The summed E-state index contributed by atoms with van der Waals surface area (Å²) in [5.41, 5.74) is 7.27. The summed E-state index contributed by atoms with van der Waals surface area (Å²) in [5, 5.41) is 3.06. The third kappa shape index (κ3) is 2.96. The Bertz CT molecular complexity index is 816. The third-order valence-corrected chi connectivity index (χ3v) is 4.06. The Morgan fingerprint density at radius 2 is 1.71 bits per heavy atom. The minimum atomic E-state index is -0.376. The quantitative estimate of drug-likeness (QED) is 0.659. The van der Waals surface area contributed by atoms with Gasteiger partial charge in [0.15, 0.2) is 0 Å². The van der Waals surface area contributed by atoms with Gasteiger partial charge in [0.2, 0.25) is 5.91 Å². The van der Waals surface area contributed by atoms with Gasteiger partial charge in [0.05, 0.1) is 21.8 Å². The van der Waals surface area contributed by atoms with Gasteiger partial charge in [0.25, 0.3) is 11.8 Å². The molecule has 0 radical (unpaired) electrons. The van der Waals surface area contributed by atoms with Gasteiger partial charge in [-0.2, -0.15) is 0 Å². The van der Waals surface area contributed by atoms with E-state index in [1.165, 1.54) is 0 Å². The van der Waals surface area contributed by atoms with Gasteiger partial charge < -0.3 is 11.1 Å². The van der Waals surface area contributed by atoms with Gasteiger partial charge in [0, 0.05) is 18.7 Å². The molecule has 122 valence electrons. The molecule has 0 saturated heterocycles. The number of anilines is 2. The number of nitrogens with two attached hydrogens (primary N) is 1. The van der Waals surface area contributed by atoms with E-state index in [0.29, 0.717) is 27.5 Å². The van der Waals surface area contributed by atoms with E-state index in [1.54, 1.807) is 42.5 Å². The highest BCUT2D eigenvalue weighted by molar-refractivity contribution is 6.33. The number of hydrogen-bond acceptors (Lipinski definition) is 4. The largest absolute Gasteiger partial charge is 0.397 e. The molecule has 0 saturated carbocycles. The van der Waals surface area contributed by atoms with Crippen LogP contribution in [-0.2, 0) is 4.79 Å². The summed E-state index contributed by atoms with van der Waals surface area (Å²) in [4.78, 5) is 37.5. The Hall–Kier alpha value is -2.86. The minimum Gasteiger partial charge on any atom is -0.397 e. The number of carbonyl (C=O) groups excluding carboxylic acids is 3. The Morgan fingerprint density at radius 1 is 1.08 bits per heavy atom. The van der Waals surface area contributed by atoms with Crippen molar-refractivity contribution < 1.29 is 14.4 Å². The minimum absolute atomic E-state index is 0.00595. The molecule has 1 heterocycles. The van der Waals surface area contributed by atoms with Crippen molar-refractivity contribution in [1.82, 2.24) is 4.90 Å². The Morgan fingerprint density at radius 3 is 2.29 bits per heavy atom. The summed E-state index contributed by atoms with van der Waals surface area (Å²) in [7, 11) is 0. The highest BCUT2D eigenvalue weighted by Gasteiger charge is 2.34. The van der Waals surface area contributed by atoms with Crippen molar-refractivity contribution in [3.05, 3.63) is 58.6 Å². The molecule has 1 aliphatic rings. The van der Waals surface area contributed by atoms with Crippen LogP contribution in [0.5, 0.6) is 0 Å². The predicted molar refractivity (Wildman–Crippen MR) is 90.9 cm³/mol. The second kappa shape index (κ2) is 6.33. The molecule has 3 N–H and O–H groups in total. The standard InChI is InChI=1S/C17H14ClN3O3/c18-13-6-5-10(9-14(13)19)20-15(22)7-8-21-16(23)11-3-1-2-4-12(11)17(21)24/h1-6,9H,7-8,19H2,(H,20,22). The zero-order valence-corrected chi connectivity index (χ0v) is 13.3. The fourth-order valence-electron chi connectivity index (χ4n) is 2.50. The molecule has 0 bridgehead atoms. The van der Waals surface area contributed by atoms with E-state index in [1.807, 2.05) is 0 Å². The van der Waals surface area contributed by atoms with Crippen LogP contribution in [0, 0.1) is 0 Å². The number of nitrogen functional groups attached to an aromatic ring is 1. The van der Waals surface area contributed by atoms with Gasteiger partial charge in [-0.3, -0.25) is 19.3 Å². The molecule has 2 aromatic rings. The van der Waals surface area contributed by atoms with Crippen LogP contribution in [0.1, 0.15) is 27.1 Å². The molecule has 3 rings (SSSR count). The van der Waals surface area contributed by atoms with Crippen molar-refractivity contribution in [2.75, 3.05) is 17.6 Å². The average molecular weight is 344 g/mol. The third-order valence-electron chi connectivity index (χ3n) is 3.72. The second-order valence-corrected chi connectivity index (χ2v) is 5.75. The number of imide groups is 1. The Kier molecular flexibility index (Phi) is 4.22. The number of nitrogens with zero attached hydrogens (tertiary/aromatic N) is 1. The molecular weight excluding hydrogens is 330 g/mol. The van der Waals surface area contributed by atoms with Crippen molar-refractivity contribution in [2.24, 2.45) is 0 Å². The summed E-state index contributed by atoms with van der Waals surface area (Å²) >= 11 is 5.82. The maximum Gasteiger partial charge on any atom is 0.261 e. The fraction of sp³-hybridized carbons (Fsp3) is 0.118. The number of rotatable bonds is 4. The van der Waals surface area contributed by atoms with Gasteiger partial charge >= 0.3 is 0 Å². The molecule has 7 heteroatoms. The number of benzene rings is 2. The van der Waals surface area contributed by atoms with Crippen LogP contribution in [0.4, 0.5) is 11.4 Å². The first kappa shape index (κ1) is 16.0. The lowest BCUT2D eigenvalue weighted by atomic mass is 10.1. The van der Waals surface area contributed by atoms with Crippen LogP contribution in [0.15, 0.2) is 42.5 Å². The van der Waals surface area contributed by atoms with E-state index in [4.69, 9.17) is 17.3 Å². The molecule has 24 heavy (non-hydrogen) atoms. The van der Waals surface area contributed by atoms with E-state index < -0.39 is 0 Å². The van der Waals surface area contributed by atoms with Gasteiger partial charge in [-0.25, -0.2) is 0 Å². The monoisotopic (exact) mass is 343 g/mol. The smallest absolute Gasteiger partial charge is 0.261 e. The number of nitrogens with one attached hydrogen (secondary N) is 1. The molecule has 6 nitrogen and oxygen atoms in total. The normalized spacial score (nSPS) is 13.1. The SMILES string of the molecule is Nc1cc(NC(=O)CCN2C(=O)c3ccccc3C2=O)ccc1Cl. The summed E-state index contributed by atoms with van der Waals surface area (Å²) in [6, 6.07) is 11.4. The molecule has 2 aromatic carbocycles. The van der Waals surface area contributed by atoms with E-state index in [9.17, 15) is 14.4 Å². The lowest BCUT2D eigenvalue weighted by Crippen LogP contribution is -2.32. The van der Waals surface area contributed by atoms with Crippen LogP contribution in [0.3, 0.4) is 0 Å². The molecule has 0 spiro atoms. The summed E-state index contributed by atoms with van der Waals surface area (Å²) < 4.78 is 0. The first-order chi connectivity index (χ1) is 11.5. The molecule has 0 atom stereocenters. The topological polar surface area (TPSA) is 92.5 Å². The zero-order chi connectivity index (χ0) is 17.3. The maximum atomic E-state index is 12.2. The number of amides is 3. The maximum absolute atomic E-state index is 12.2. The highest BCUT2D eigenvalue weighted by Crippen LogP contribution is 2.24. The lowest BCUT2D eigenvalue weighted by molar-refractivity contribution is -0.116. The first-order valence-electron chi connectivity index (χ1n) is 7.27. The summed E-state index contributed by atoms with van der Waals surface area (Å²) in [6.07, 6.45) is -0.00595. The van der Waals surface area contributed by atoms with Gasteiger partial charge in [-0.15, -0.1) is 0 Å². The van der Waals surface area contributed by atoms with Crippen molar-refractivity contribution in [2.45, 2.75) is 6.42 Å². The van der Waals surface area contributed by atoms with Crippen molar-refractivity contribution >= 4 is 40.7 Å². The Balaban J connectivity index is 1.62. The molecule has 0 unspecified atom stereocenters. The predicted octanol–water partition coefficient (Wildman–Crippen LogP) is 2.55. The first-order valence-corrected chi connectivity index (χ1v) is 7.65. The molecular formula is C17H14ClN3O3. The van der Waals surface area contributed by atoms with Crippen molar-refractivity contribution in [3.63, 3.8) is 0 Å². The highest BCUT2D eigenvalue weighted by atomic mass is 35.5. The fourth-order valence-corrected chi connectivity index (χ4v) is 2.62. The Labute approximate surface area is 143 Å². The second-order valence-electron chi connectivity index (χ2n) is 5.34. The van der Waals surface area contributed by atoms with E-state index in [0.717, 1.165) is 4.90 Å².